The van der Waals surface area contributed by atoms with Gasteiger partial charge in [-0.15, -0.1) is 0 Å². The van der Waals surface area contributed by atoms with Crippen LogP contribution in [-0.2, 0) is 9.31 Å². The average molecular weight is 158 g/mol. The summed E-state index contributed by atoms with van der Waals surface area (Å²) in [5.74, 6) is 0.276. The molecule has 0 bridgehead atoms. The largest absolute Gasteiger partial charge is 0.457 e. The molecule has 0 unspecified atom stereocenters. The molecule has 1 rings (SSSR count). The summed E-state index contributed by atoms with van der Waals surface area (Å²) in [5, 5.41) is 8.75. The van der Waals surface area contributed by atoms with Crippen molar-refractivity contribution in [2.45, 2.75) is 19.7 Å². The third-order valence-electron chi connectivity index (χ3n) is 1.80. The zero-order valence-corrected chi connectivity index (χ0v) is 6.95. The fourth-order valence-electron chi connectivity index (χ4n) is 1.08. The van der Waals surface area contributed by atoms with Gasteiger partial charge in [0.2, 0.25) is 0 Å². The van der Waals surface area contributed by atoms with Crippen molar-refractivity contribution in [3.8, 4) is 0 Å². The third kappa shape index (κ3) is 3.23. The van der Waals surface area contributed by atoms with Crippen molar-refractivity contribution in [3.63, 3.8) is 0 Å². The summed E-state index contributed by atoms with van der Waals surface area (Å²) in [6.07, 6.45) is 1.79. The lowest BCUT2D eigenvalue weighted by atomic mass is 9.77. The van der Waals surface area contributed by atoms with Gasteiger partial charge in [0, 0.05) is 19.8 Å². The normalized spacial score (nSPS) is 21.8. The van der Waals surface area contributed by atoms with Crippen molar-refractivity contribution in [1.82, 2.24) is 0 Å². The van der Waals surface area contributed by atoms with Crippen LogP contribution in [0.2, 0.25) is 6.32 Å². The molecule has 1 fully saturated rings. The lowest BCUT2D eigenvalue weighted by Crippen LogP contribution is -2.31. The predicted molar refractivity (Wildman–Crippen MR) is 43.3 cm³/mol. The smallest absolute Gasteiger partial charge is 0.411 e. The van der Waals surface area contributed by atoms with E-state index in [1.165, 1.54) is 0 Å². The van der Waals surface area contributed by atoms with Gasteiger partial charge < -0.3 is 14.4 Å². The van der Waals surface area contributed by atoms with Gasteiger partial charge in [0.15, 0.2) is 0 Å². The molecule has 1 atom stereocenters. The average Bonchev–Trinajstić information content (AvgIpc) is 2.06. The Morgan fingerprint density at radius 3 is 2.64 bits per heavy atom. The van der Waals surface area contributed by atoms with E-state index in [1.807, 2.05) is 6.92 Å². The standard InChI is InChI=1S/C7H15BO3/c1-7(6-9)5-8-10-3-2-4-11-8/h7,9H,2-6H2,1H3/t7-/m0/s1. The minimum Gasteiger partial charge on any atom is -0.411 e. The highest BCUT2D eigenvalue weighted by Gasteiger charge is 2.23. The second kappa shape index (κ2) is 4.75. The van der Waals surface area contributed by atoms with Crippen LogP contribution in [0.3, 0.4) is 0 Å². The summed E-state index contributed by atoms with van der Waals surface area (Å²) >= 11 is 0. The van der Waals surface area contributed by atoms with E-state index < -0.39 is 0 Å². The van der Waals surface area contributed by atoms with Crippen LogP contribution in [0.25, 0.3) is 0 Å². The summed E-state index contributed by atoms with van der Waals surface area (Å²) in [6, 6.07) is 0. The van der Waals surface area contributed by atoms with E-state index in [0.717, 1.165) is 26.0 Å². The molecule has 1 aliphatic heterocycles. The zero-order valence-electron chi connectivity index (χ0n) is 6.95. The molecule has 0 aromatic carbocycles. The van der Waals surface area contributed by atoms with Crippen molar-refractivity contribution in [1.29, 1.82) is 0 Å². The van der Waals surface area contributed by atoms with E-state index >= 15 is 0 Å². The monoisotopic (exact) mass is 158 g/mol. The molecule has 1 N–H and O–H groups in total. The molecular weight excluding hydrogens is 143 g/mol. The third-order valence-corrected chi connectivity index (χ3v) is 1.80. The highest BCUT2D eigenvalue weighted by molar-refractivity contribution is 6.44. The molecule has 0 radical (unpaired) electrons. The molecule has 0 aliphatic carbocycles. The molecular formula is C7H15BO3. The highest BCUT2D eigenvalue weighted by atomic mass is 16.6. The lowest BCUT2D eigenvalue weighted by Gasteiger charge is -2.21. The van der Waals surface area contributed by atoms with Crippen molar-refractivity contribution in [3.05, 3.63) is 0 Å². The van der Waals surface area contributed by atoms with E-state index in [0.29, 0.717) is 0 Å². The van der Waals surface area contributed by atoms with Gasteiger partial charge >= 0.3 is 7.12 Å². The summed E-state index contributed by atoms with van der Waals surface area (Å²) in [5.41, 5.74) is 0. The maximum absolute atomic E-state index is 8.75. The number of hydrogen-bond donors (Lipinski definition) is 1. The van der Waals surface area contributed by atoms with Gasteiger partial charge in [-0.05, 0) is 18.7 Å². The number of aliphatic hydroxyl groups is 1. The molecule has 0 spiro atoms. The molecule has 0 aromatic rings. The SMILES string of the molecule is C[C@H](CO)CB1OCCCO1. The van der Waals surface area contributed by atoms with Crippen LogP contribution in [-0.4, -0.2) is 32.0 Å². The Bertz CT molecular complexity index is 104. The second-order valence-electron chi connectivity index (χ2n) is 3.05. The molecule has 1 saturated heterocycles. The number of rotatable bonds is 3. The fourth-order valence-corrected chi connectivity index (χ4v) is 1.08. The molecule has 1 heterocycles. The molecule has 0 amide bonds. The first-order chi connectivity index (χ1) is 5.33. The molecule has 11 heavy (non-hydrogen) atoms. The van der Waals surface area contributed by atoms with Crippen LogP contribution in [0.5, 0.6) is 0 Å². The van der Waals surface area contributed by atoms with Gasteiger partial charge in [-0.2, -0.15) is 0 Å². The Labute approximate surface area is 67.8 Å². The fraction of sp³-hybridized carbons (Fsp3) is 1.00. The van der Waals surface area contributed by atoms with Gasteiger partial charge in [-0.25, -0.2) is 0 Å². The molecule has 4 heteroatoms. The molecule has 0 aromatic heterocycles. The van der Waals surface area contributed by atoms with Crippen molar-refractivity contribution in [2.75, 3.05) is 19.8 Å². The molecule has 3 nitrogen and oxygen atoms in total. The summed E-state index contributed by atoms with van der Waals surface area (Å²) in [4.78, 5) is 0. The summed E-state index contributed by atoms with van der Waals surface area (Å²) < 4.78 is 10.6. The Hall–Kier alpha value is -0.0551. The first-order valence-electron chi connectivity index (χ1n) is 4.17. The molecule has 64 valence electrons. The highest BCUT2D eigenvalue weighted by Crippen LogP contribution is 2.11. The van der Waals surface area contributed by atoms with Crippen LogP contribution >= 0.6 is 0 Å². The van der Waals surface area contributed by atoms with E-state index in [4.69, 9.17) is 14.4 Å². The second-order valence-corrected chi connectivity index (χ2v) is 3.05. The van der Waals surface area contributed by atoms with E-state index in [2.05, 4.69) is 0 Å². The Balaban J connectivity index is 2.13. The Morgan fingerprint density at radius 2 is 2.09 bits per heavy atom. The topological polar surface area (TPSA) is 38.7 Å². The molecule has 0 saturated carbocycles. The van der Waals surface area contributed by atoms with Gasteiger partial charge in [-0.1, -0.05) is 6.92 Å². The zero-order chi connectivity index (χ0) is 8.10. The predicted octanol–water partition coefficient (Wildman–Crippen LogP) is 0.540. The van der Waals surface area contributed by atoms with Gasteiger partial charge in [0.1, 0.15) is 0 Å². The van der Waals surface area contributed by atoms with E-state index in [9.17, 15) is 0 Å². The van der Waals surface area contributed by atoms with Crippen LogP contribution in [0.1, 0.15) is 13.3 Å². The van der Waals surface area contributed by atoms with Crippen molar-refractivity contribution >= 4 is 7.12 Å². The van der Waals surface area contributed by atoms with Gasteiger partial charge in [0.25, 0.3) is 0 Å². The van der Waals surface area contributed by atoms with Crippen LogP contribution < -0.4 is 0 Å². The van der Waals surface area contributed by atoms with Crippen LogP contribution in [0, 0.1) is 5.92 Å². The maximum atomic E-state index is 8.75. The minimum absolute atomic E-state index is 0.0779. The Morgan fingerprint density at radius 1 is 1.45 bits per heavy atom. The first-order valence-corrected chi connectivity index (χ1v) is 4.17. The van der Waals surface area contributed by atoms with Crippen molar-refractivity contribution < 1.29 is 14.4 Å². The van der Waals surface area contributed by atoms with Crippen molar-refractivity contribution in [2.24, 2.45) is 5.92 Å². The van der Waals surface area contributed by atoms with Crippen LogP contribution in [0.4, 0.5) is 0 Å². The van der Waals surface area contributed by atoms with Gasteiger partial charge in [0.05, 0.1) is 0 Å². The van der Waals surface area contributed by atoms with E-state index in [-0.39, 0.29) is 19.6 Å². The minimum atomic E-state index is -0.0779. The Kier molecular flexibility index (Phi) is 3.90. The maximum Gasteiger partial charge on any atom is 0.457 e. The summed E-state index contributed by atoms with van der Waals surface area (Å²) in [7, 11) is -0.0779. The lowest BCUT2D eigenvalue weighted by molar-refractivity contribution is 0.127. The quantitative estimate of drug-likeness (QED) is 0.609. The van der Waals surface area contributed by atoms with Gasteiger partial charge in [-0.3, -0.25) is 0 Å². The first kappa shape index (κ1) is 9.04. The summed E-state index contributed by atoms with van der Waals surface area (Å²) in [6.45, 7) is 3.79. The number of hydrogen-bond acceptors (Lipinski definition) is 3. The van der Waals surface area contributed by atoms with Crippen LogP contribution in [0.15, 0.2) is 0 Å². The molecule has 1 aliphatic rings. The number of aliphatic hydroxyl groups excluding tert-OH is 1. The van der Waals surface area contributed by atoms with E-state index in [1.54, 1.807) is 0 Å².